The lowest BCUT2D eigenvalue weighted by Crippen LogP contribution is -2.40. The van der Waals surface area contributed by atoms with Crippen LogP contribution in [-0.4, -0.2) is 36.6 Å². The lowest BCUT2D eigenvalue weighted by molar-refractivity contribution is -0.135. The molecule has 0 saturated carbocycles. The van der Waals surface area contributed by atoms with Gasteiger partial charge in [-0.25, -0.2) is 0 Å². The molecule has 0 radical (unpaired) electrons. The van der Waals surface area contributed by atoms with Gasteiger partial charge in [0.1, 0.15) is 0 Å². The molecule has 0 fully saturated rings. The molecule has 0 aliphatic rings. The Bertz CT molecular complexity index is 987. The standard InChI is InChI=1S/C26H43O5PSi3/c1-33(2,3)29-26(27)25(32(28,30-34(4,5)6)31-35(7,8)9)17-13-14-22-18-20-24(21-19-22)23-15-11-10-12-16-23/h10-12,15-16,18-21,25H,13-14,17H2,1-9H3. The highest BCUT2D eigenvalue weighted by Gasteiger charge is 2.48. The molecule has 0 N–H and O–H groups in total. The normalized spacial score (nSPS) is 14.0. The van der Waals surface area contributed by atoms with Gasteiger partial charge in [-0.1, -0.05) is 54.6 Å². The third-order valence-corrected chi connectivity index (χ3v) is 13.3. The highest BCUT2D eigenvalue weighted by atomic mass is 31.2. The first kappa shape index (κ1) is 29.9. The van der Waals surface area contributed by atoms with Gasteiger partial charge in [0.05, 0.1) is 0 Å². The number of rotatable bonds is 12. The minimum Gasteiger partial charge on any atom is -0.519 e. The van der Waals surface area contributed by atoms with Crippen LogP contribution in [0.4, 0.5) is 0 Å². The predicted octanol–water partition coefficient (Wildman–Crippen LogP) is 8.32. The maximum absolute atomic E-state index is 14.3. The van der Waals surface area contributed by atoms with Crippen LogP contribution in [0.1, 0.15) is 18.4 Å². The molecule has 194 valence electrons. The van der Waals surface area contributed by atoms with E-state index in [1.807, 2.05) is 77.1 Å². The van der Waals surface area contributed by atoms with Crippen molar-refractivity contribution in [2.24, 2.45) is 0 Å². The fraction of sp³-hybridized carbons (Fsp3) is 0.500. The Morgan fingerprint density at radius 1 is 0.743 bits per heavy atom. The van der Waals surface area contributed by atoms with Gasteiger partial charge < -0.3 is 12.9 Å². The summed E-state index contributed by atoms with van der Waals surface area (Å²) in [6.07, 6.45) is 1.85. The average Bonchev–Trinajstić information content (AvgIpc) is 2.68. The van der Waals surface area contributed by atoms with E-state index in [0.717, 1.165) is 6.42 Å². The summed E-state index contributed by atoms with van der Waals surface area (Å²) in [5.74, 6) is -0.441. The molecule has 0 saturated heterocycles. The van der Waals surface area contributed by atoms with E-state index < -0.39 is 44.2 Å². The number of hydrogen-bond acceptors (Lipinski definition) is 5. The predicted molar refractivity (Wildman–Crippen MR) is 155 cm³/mol. The average molecular weight is 551 g/mol. The lowest BCUT2D eigenvalue weighted by Gasteiger charge is -2.35. The van der Waals surface area contributed by atoms with E-state index >= 15 is 0 Å². The molecule has 0 heterocycles. The minimum absolute atomic E-state index is 0.399. The van der Waals surface area contributed by atoms with E-state index in [-0.39, 0.29) is 0 Å². The van der Waals surface area contributed by atoms with Crippen molar-refractivity contribution in [3.05, 3.63) is 60.2 Å². The molecule has 2 rings (SSSR count). The van der Waals surface area contributed by atoms with Gasteiger partial charge in [0.25, 0.3) is 0 Å². The second-order valence-corrected chi connectivity index (χ2v) is 28.0. The minimum atomic E-state index is -3.71. The van der Waals surface area contributed by atoms with Crippen molar-refractivity contribution in [1.82, 2.24) is 0 Å². The van der Waals surface area contributed by atoms with Crippen LogP contribution in [0.3, 0.4) is 0 Å². The summed E-state index contributed by atoms with van der Waals surface area (Å²) in [5.41, 5.74) is 2.62. The van der Waals surface area contributed by atoms with Crippen LogP contribution < -0.4 is 0 Å². The van der Waals surface area contributed by atoms with E-state index in [4.69, 9.17) is 12.9 Å². The first-order valence-electron chi connectivity index (χ1n) is 12.4. The van der Waals surface area contributed by atoms with Crippen molar-refractivity contribution in [2.45, 2.75) is 83.8 Å². The van der Waals surface area contributed by atoms with Gasteiger partial charge in [0, 0.05) is 0 Å². The summed E-state index contributed by atoms with van der Waals surface area (Å²) in [5, 5.41) is 0. The van der Waals surface area contributed by atoms with Crippen LogP contribution in [0.2, 0.25) is 58.9 Å². The second kappa shape index (κ2) is 11.8. The van der Waals surface area contributed by atoms with Gasteiger partial charge in [0.15, 0.2) is 22.3 Å². The van der Waals surface area contributed by atoms with Gasteiger partial charge >= 0.3 is 13.6 Å². The molecular weight excluding hydrogens is 508 g/mol. The van der Waals surface area contributed by atoms with Crippen molar-refractivity contribution in [3.8, 4) is 11.1 Å². The summed E-state index contributed by atoms with van der Waals surface area (Å²) in [6.45, 7) is 17.7. The molecule has 0 bridgehead atoms. The molecule has 2 aromatic rings. The van der Waals surface area contributed by atoms with E-state index in [1.54, 1.807) is 0 Å². The van der Waals surface area contributed by atoms with Gasteiger partial charge in [0.2, 0.25) is 8.32 Å². The maximum Gasteiger partial charge on any atom is 0.325 e. The summed E-state index contributed by atoms with van der Waals surface area (Å²) in [4.78, 5) is 13.3. The monoisotopic (exact) mass is 550 g/mol. The Morgan fingerprint density at radius 3 is 1.69 bits per heavy atom. The number of carbonyl (C=O) groups is 1. The van der Waals surface area contributed by atoms with E-state index in [2.05, 4.69) is 36.4 Å². The number of carbonyl (C=O) groups excluding carboxylic acids is 1. The molecule has 5 nitrogen and oxygen atoms in total. The fourth-order valence-electron chi connectivity index (χ4n) is 3.68. The smallest absolute Gasteiger partial charge is 0.325 e. The summed E-state index contributed by atoms with van der Waals surface area (Å²) in [7, 11) is -10.4. The van der Waals surface area contributed by atoms with Gasteiger partial charge in [-0.2, -0.15) is 0 Å². The number of hydrogen-bond donors (Lipinski definition) is 0. The molecule has 1 atom stereocenters. The molecule has 0 spiro atoms. The Kier molecular flexibility index (Phi) is 10.1. The van der Waals surface area contributed by atoms with Crippen molar-refractivity contribution < 1.29 is 22.2 Å². The fourth-order valence-corrected chi connectivity index (χ4v) is 12.9. The first-order valence-corrected chi connectivity index (χ1v) is 24.2. The van der Waals surface area contributed by atoms with Crippen molar-refractivity contribution >= 4 is 38.5 Å². The van der Waals surface area contributed by atoms with Crippen LogP contribution in [0.5, 0.6) is 0 Å². The zero-order valence-corrected chi connectivity index (χ0v) is 26.8. The highest BCUT2D eigenvalue weighted by Crippen LogP contribution is 2.59. The van der Waals surface area contributed by atoms with Crippen molar-refractivity contribution in [3.63, 3.8) is 0 Å². The third kappa shape index (κ3) is 10.7. The zero-order chi connectivity index (χ0) is 26.5. The van der Waals surface area contributed by atoms with Crippen LogP contribution in [-0.2, 0) is 28.6 Å². The van der Waals surface area contributed by atoms with Crippen LogP contribution >= 0.6 is 7.60 Å². The lowest BCUT2D eigenvalue weighted by atomic mass is 10.0. The highest BCUT2D eigenvalue weighted by molar-refractivity contribution is 7.58. The zero-order valence-electron chi connectivity index (χ0n) is 22.9. The molecular formula is C26H43O5PSi3. The van der Waals surface area contributed by atoms with Crippen molar-refractivity contribution in [1.29, 1.82) is 0 Å². The van der Waals surface area contributed by atoms with E-state index in [0.29, 0.717) is 12.8 Å². The molecule has 0 aliphatic carbocycles. The Balaban J connectivity index is 2.23. The van der Waals surface area contributed by atoms with E-state index in [9.17, 15) is 9.36 Å². The quantitative estimate of drug-likeness (QED) is 0.196. The van der Waals surface area contributed by atoms with Gasteiger partial charge in [-0.3, -0.25) is 9.36 Å². The number of aryl methyl sites for hydroxylation is 1. The molecule has 35 heavy (non-hydrogen) atoms. The SMILES string of the molecule is C[Si](C)(C)OC(=O)C(CCCc1ccc(-c2ccccc2)cc1)P(=O)(O[Si](C)(C)C)O[Si](C)(C)C. The number of benzene rings is 2. The summed E-state index contributed by atoms with van der Waals surface area (Å²) < 4.78 is 32.5. The first-order chi connectivity index (χ1) is 16.0. The summed E-state index contributed by atoms with van der Waals surface area (Å²) >= 11 is 0. The van der Waals surface area contributed by atoms with Crippen LogP contribution in [0, 0.1) is 0 Å². The van der Waals surface area contributed by atoms with Gasteiger partial charge in [-0.15, -0.1) is 0 Å². The maximum atomic E-state index is 14.3. The topological polar surface area (TPSA) is 61.8 Å². The molecule has 0 aromatic heterocycles. The Morgan fingerprint density at radius 2 is 1.23 bits per heavy atom. The molecule has 1 unspecified atom stereocenters. The molecule has 2 aromatic carbocycles. The van der Waals surface area contributed by atoms with Crippen LogP contribution in [0.15, 0.2) is 54.6 Å². The van der Waals surface area contributed by atoms with Crippen molar-refractivity contribution in [2.75, 3.05) is 0 Å². The largest absolute Gasteiger partial charge is 0.519 e. The van der Waals surface area contributed by atoms with E-state index in [1.165, 1.54) is 16.7 Å². The second-order valence-electron chi connectivity index (χ2n) is 12.0. The molecule has 0 amide bonds. The molecule has 9 heteroatoms. The Labute approximate surface area is 215 Å². The molecule has 0 aliphatic heterocycles. The van der Waals surface area contributed by atoms with Crippen LogP contribution in [0.25, 0.3) is 11.1 Å². The Hall–Kier alpha value is -1.29. The van der Waals surface area contributed by atoms with Gasteiger partial charge in [-0.05, 0) is 94.9 Å². The summed E-state index contributed by atoms with van der Waals surface area (Å²) in [6, 6.07) is 18.8. The third-order valence-electron chi connectivity index (χ3n) is 4.87.